The number of carbonyl (C=O) groups excluding carboxylic acids is 1. The van der Waals surface area contributed by atoms with Crippen molar-refractivity contribution in [1.82, 2.24) is 4.90 Å². The first kappa shape index (κ1) is 16.7. The second-order valence-electron chi connectivity index (χ2n) is 5.60. The van der Waals surface area contributed by atoms with E-state index in [0.29, 0.717) is 18.5 Å². The lowest BCUT2D eigenvalue weighted by Gasteiger charge is -2.22. The molecule has 0 saturated heterocycles. The number of carboxylic acid groups (broad SMARTS) is 1. The third kappa shape index (κ3) is 4.42. The van der Waals surface area contributed by atoms with Crippen LogP contribution in [0.4, 0.5) is 0 Å². The van der Waals surface area contributed by atoms with E-state index >= 15 is 0 Å². The average molecular weight is 311 g/mol. The maximum Gasteiger partial charge on any atom is 0.323 e. The van der Waals surface area contributed by atoms with Crippen LogP contribution in [0.1, 0.15) is 27.0 Å². The molecule has 4 nitrogen and oxygen atoms in total. The molecule has 0 heterocycles. The minimum absolute atomic E-state index is 0.232. The van der Waals surface area contributed by atoms with Crippen LogP contribution in [0.15, 0.2) is 48.5 Å². The highest BCUT2D eigenvalue weighted by Crippen LogP contribution is 2.15. The van der Waals surface area contributed by atoms with Crippen LogP contribution in [0.25, 0.3) is 0 Å². The van der Waals surface area contributed by atoms with Crippen molar-refractivity contribution in [2.24, 2.45) is 0 Å². The third-order valence-electron chi connectivity index (χ3n) is 3.96. The first-order valence-electron chi connectivity index (χ1n) is 7.60. The zero-order valence-corrected chi connectivity index (χ0v) is 13.5. The van der Waals surface area contributed by atoms with Crippen LogP contribution in [0.5, 0.6) is 0 Å². The van der Waals surface area contributed by atoms with Crippen LogP contribution in [0.2, 0.25) is 0 Å². The zero-order chi connectivity index (χ0) is 16.8. The summed E-state index contributed by atoms with van der Waals surface area (Å²) < 4.78 is 0. The van der Waals surface area contributed by atoms with Crippen molar-refractivity contribution in [3.05, 3.63) is 70.8 Å². The van der Waals surface area contributed by atoms with E-state index in [0.717, 1.165) is 16.7 Å². The van der Waals surface area contributed by atoms with Gasteiger partial charge in [-0.25, -0.2) is 0 Å². The number of nitrogens with zero attached hydrogens (tertiary/aromatic N) is 1. The van der Waals surface area contributed by atoms with Gasteiger partial charge < -0.3 is 10.0 Å². The van der Waals surface area contributed by atoms with Crippen LogP contribution in [-0.2, 0) is 11.2 Å². The van der Waals surface area contributed by atoms with Crippen molar-refractivity contribution in [3.8, 4) is 0 Å². The standard InChI is InChI=1S/C19H21NO3/c1-14-7-6-10-17(15(14)2)19(23)20(13-18(21)22)12-11-16-8-4-3-5-9-16/h3-10H,11-13H2,1-2H3,(H,21,22). The van der Waals surface area contributed by atoms with E-state index in [2.05, 4.69) is 0 Å². The highest BCUT2D eigenvalue weighted by atomic mass is 16.4. The van der Waals surface area contributed by atoms with Crippen molar-refractivity contribution in [3.63, 3.8) is 0 Å². The summed E-state index contributed by atoms with van der Waals surface area (Å²) in [6.07, 6.45) is 0.630. The minimum Gasteiger partial charge on any atom is -0.480 e. The molecule has 0 unspecified atom stereocenters. The van der Waals surface area contributed by atoms with Gasteiger partial charge in [0, 0.05) is 12.1 Å². The fourth-order valence-corrected chi connectivity index (χ4v) is 2.48. The minimum atomic E-state index is -1.00. The Hall–Kier alpha value is -2.62. The Kier molecular flexibility index (Phi) is 5.52. The van der Waals surface area contributed by atoms with E-state index in [4.69, 9.17) is 5.11 Å². The maximum absolute atomic E-state index is 12.7. The molecule has 1 amide bonds. The third-order valence-corrected chi connectivity index (χ3v) is 3.96. The number of amides is 1. The molecular weight excluding hydrogens is 290 g/mol. The smallest absolute Gasteiger partial charge is 0.323 e. The Morgan fingerprint density at radius 1 is 1.00 bits per heavy atom. The highest BCUT2D eigenvalue weighted by molar-refractivity contribution is 5.97. The van der Waals surface area contributed by atoms with Gasteiger partial charge in [0.05, 0.1) is 0 Å². The average Bonchev–Trinajstić information content (AvgIpc) is 2.54. The molecule has 23 heavy (non-hydrogen) atoms. The van der Waals surface area contributed by atoms with E-state index in [9.17, 15) is 9.59 Å². The number of aryl methyl sites for hydroxylation is 1. The molecule has 0 aliphatic rings. The largest absolute Gasteiger partial charge is 0.480 e. The van der Waals surface area contributed by atoms with Gasteiger partial charge in [-0.05, 0) is 43.0 Å². The fourth-order valence-electron chi connectivity index (χ4n) is 2.48. The zero-order valence-electron chi connectivity index (χ0n) is 13.5. The Labute approximate surface area is 136 Å². The summed E-state index contributed by atoms with van der Waals surface area (Å²) in [5, 5.41) is 9.11. The lowest BCUT2D eigenvalue weighted by molar-refractivity contribution is -0.137. The molecule has 4 heteroatoms. The monoisotopic (exact) mass is 311 g/mol. The molecule has 0 spiro atoms. The van der Waals surface area contributed by atoms with Gasteiger partial charge in [-0.2, -0.15) is 0 Å². The summed E-state index contributed by atoms with van der Waals surface area (Å²) in [6.45, 7) is 3.91. The lowest BCUT2D eigenvalue weighted by atomic mass is 10.0. The molecule has 2 rings (SSSR count). The van der Waals surface area contributed by atoms with Crippen LogP contribution in [0.3, 0.4) is 0 Å². The quantitative estimate of drug-likeness (QED) is 0.892. The molecule has 120 valence electrons. The van der Waals surface area contributed by atoms with Crippen molar-refractivity contribution in [2.75, 3.05) is 13.1 Å². The Morgan fingerprint density at radius 2 is 1.70 bits per heavy atom. The predicted octanol–water partition coefficient (Wildman–Crippen LogP) is 3.07. The molecule has 0 saturated carbocycles. The Balaban J connectivity index is 2.18. The van der Waals surface area contributed by atoms with Crippen LogP contribution >= 0.6 is 0 Å². The first-order chi connectivity index (χ1) is 11.0. The maximum atomic E-state index is 12.7. The first-order valence-corrected chi connectivity index (χ1v) is 7.60. The van der Waals surface area contributed by atoms with Crippen molar-refractivity contribution in [2.45, 2.75) is 20.3 Å². The van der Waals surface area contributed by atoms with Crippen molar-refractivity contribution < 1.29 is 14.7 Å². The molecular formula is C19H21NO3. The van der Waals surface area contributed by atoms with Gasteiger partial charge in [-0.15, -0.1) is 0 Å². The molecule has 0 bridgehead atoms. The SMILES string of the molecule is Cc1cccc(C(=O)N(CCc2ccccc2)CC(=O)O)c1C. The Bertz CT molecular complexity index is 695. The number of rotatable bonds is 6. The molecule has 0 atom stereocenters. The van der Waals surface area contributed by atoms with Crippen LogP contribution in [0, 0.1) is 13.8 Å². The fraction of sp³-hybridized carbons (Fsp3) is 0.263. The van der Waals surface area contributed by atoms with Gasteiger partial charge >= 0.3 is 5.97 Å². The second kappa shape index (κ2) is 7.58. The van der Waals surface area contributed by atoms with Gasteiger partial charge in [-0.3, -0.25) is 9.59 Å². The van der Waals surface area contributed by atoms with Gasteiger partial charge in [0.2, 0.25) is 0 Å². The van der Waals surface area contributed by atoms with Gasteiger partial charge in [0.15, 0.2) is 0 Å². The lowest BCUT2D eigenvalue weighted by Crippen LogP contribution is -2.37. The molecule has 0 aliphatic heterocycles. The number of carbonyl (C=O) groups is 2. The number of aliphatic carboxylic acids is 1. The number of hydrogen-bond donors (Lipinski definition) is 1. The molecule has 0 fully saturated rings. The normalized spacial score (nSPS) is 10.3. The van der Waals surface area contributed by atoms with Crippen LogP contribution < -0.4 is 0 Å². The number of hydrogen-bond acceptors (Lipinski definition) is 2. The predicted molar refractivity (Wildman–Crippen MR) is 89.6 cm³/mol. The molecule has 1 N–H and O–H groups in total. The second-order valence-corrected chi connectivity index (χ2v) is 5.60. The molecule has 0 radical (unpaired) electrons. The molecule has 0 aromatic heterocycles. The van der Waals surface area contributed by atoms with E-state index in [-0.39, 0.29) is 12.5 Å². The van der Waals surface area contributed by atoms with Crippen LogP contribution in [-0.4, -0.2) is 35.0 Å². The summed E-state index contributed by atoms with van der Waals surface area (Å²) in [4.78, 5) is 25.3. The summed E-state index contributed by atoms with van der Waals surface area (Å²) in [6, 6.07) is 15.3. The number of carboxylic acids is 1. The molecule has 2 aromatic rings. The van der Waals surface area contributed by atoms with Crippen molar-refractivity contribution in [1.29, 1.82) is 0 Å². The summed E-state index contributed by atoms with van der Waals surface area (Å²) in [5.74, 6) is -1.23. The number of benzene rings is 2. The van der Waals surface area contributed by atoms with E-state index in [1.807, 2.05) is 56.3 Å². The Morgan fingerprint density at radius 3 is 2.35 bits per heavy atom. The van der Waals surface area contributed by atoms with Gasteiger partial charge in [0.1, 0.15) is 6.54 Å². The van der Waals surface area contributed by atoms with E-state index < -0.39 is 5.97 Å². The molecule has 2 aromatic carbocycles. The summed E-state index contributed by atoms with van der Waals surface area (Å²) in [5.41, 5.74) is 3.57. The van der Waals surface area contributed by atoms with Gasteiger partial charge in [0.25, 0.3) is 5.91 Å². The van der Waals surface area contributed by atoms with E-state index in [1.165, 1.54) is 4.90 Å². The molecule has 0 aliphatic carbocycles. The van der Waals surface area contributed by atoms with Crippen molar-refractivity contribution >= 4 is 11.9 Å². The summed E-state index contributed by atoms with van der Waals surface area (Å²) in [7, 11) is 0. The topological polar surface area (TPSA) is 57.6 Å². The van der Waals surface area contributed by atoms with Gasteiger partial charge in [-0.1, -0.05) is 42.5 Å². The highest BCUT2D eigenvalue weighted by Gasteiger charge is 2.20. The van der Waals surface area contributed by atoms with E-state index in [1.54, 1.807) is 6.07 Å². The summed E-state index contributed by atoms with van der Waals surface area (Å²) >= 11 is 0.